The zero-order valence-corrected chi connectivity index (χ0v) is 17.3. The lowest BCUT2D eigenvalue weighted by Crippen LogP contribution is -2.49. The second-order valence-electron chi connectivity index (χ2n) is 6.74. The van der Waals surface area contributed by atoms with E-state index >= 15 is 0 Å². The summed E-state index contributed by atoms with van der Waals surface area (Å²) in [5, 5.41) is 7.38. The van der Waals surface area contributed by atoms with Gasteiger partial charge < -0.3 is 10.2 Å². The molecule has 0 unspecified atom stereocenters. The van der Waals surface area contributed by atoms with E-state index in [2.05, 4.69) is 25.3 Å². The smallest absolute Gasteiger partial charge is 0.246 e. The van der Waals surface area contributed by atoms with E-state index in [1.54, 1.807) is 29.9 Å². The molecule has 1 saturated heterocycles. The molecule has 0 amide bonds. The van der Waals surface area contributed by atoms with Gasteiger partial charge in [0.1, 0.15) is 10.7 Å². The van der Waals surface area contributed by atoms with Crippen LogP contribution in [-0.2, 0) is 17.1 Å². The number of anilines is 2. The lowest BCUT2D eigenvalue weighted by atomic mass is 10.3. The molecule has 0 bridgehead atoms. The lowest BCUT2D eigenvalue weighted by molar-refractivity contribution is 0.383. The summed E-state index contributed by atoms with van der Waals surface area (Å²) >= 11 is 0. The monoisotopic (exact) mass is 393 g/mol. The minimum absolute atomic E-state index is 0.325. The molecule has 0 aliphatic carbocycles. The van der Waals surface area contributed by atoms with Crippen LogP contribution < -0.4 is 10.2 Å². The number of rotatable bonds is 5. The van der Waals surface area contributed by atoms with E-state index in [1.165, 1.54) is 0 Å². The van der Waals surface area contributed by atoms with Crippen molar-refractivity contribution in [3.05, 3.63) is 23.1 Å². The van der Waals surface area contributed by atoms with Crippen molar-refractivity contribution in [1.82, 2.24) is 24.1 Å². The zero-order chi connectivity index (χ0) is 19.8. The van der Waals surface area contributed by atoms with Crippen LogP contribution in [0.3, 0.4) is 0 Å². The second kappa shape index (κ2) is 7.43. The average Bonchev–Trinajstić information content (AvgIpc) is 2.87. The van der Waals surface area contributed by atoms with Crippen LogP contribution in [0.15, 0.2) is 11.0 Å². The minimum atomic E-state index is -3.55. The van der Waals surface area contributed by atoms with Gasteiger partial charge in [0.2, 0.25) is 16.0 Å². The molecule has 1 fully saturated rings. The van der Waals surface area contributed by atoms with Crippen LogP contribution in [0, 0.1) is 20.8 Å². The van der Waals surface area contributed by atoms with Gasteiger partial charge in [-0.05, 0) is 27.7 Å². The van der Waals surface area contributed by atoms with Crippen LogP contribution in [0.25, 0.3) is 0 Å². The Morgan fingerprint density at radius 2 is 1.78 bits per heavy atom. The first-order chi connectivity index (χ1) is 12.7. The number of nitrogens with one attached hydrogen (secondary N) is 1. The van der Waals surface area contributed by atoms with E-state index in [4.69, 9.17) is 0 Å². The summed E-state index contributed by atoms with van der Waals surface area (Å²) in [5.74, 6) is 1.42. The van der Waals surface area contributed by atoms with Gasteiger partial charge in [0.05, 0.1) is 11.4 Å². The average molecular weight is 394 g/mol. The van der Waals surface area contributed by atoms with E-state index in [-0.39, 0.29) is 0 Å². The second-order valence-corrected chi connectivity index (χ2v) is 8.61. The van der Waals surface area contributed by atoms with Crippen LogP contribution in [0.5, 0.6) is 0 Å². The summed E-state index contributed by atoms with van der Waals surface area (Å²) in [6.07, 6.45) is 0. The van der Waals surface area contributed by atoms with Gasteiger partial charge in [0, 0.05) is 51.5 Å². The summed E-state index contributed by atoms with van der Waals surface area (Å²) in [6, 6.07) is 1.93. The van der Waals surface area contributed by atoms with Crippen LogP contribution in [0.1, 0.15) is 24.0 Å². The molecule has 1 N–H and O–H groups in total. The number of aromatic nitrogens is 4. The third-order valence-electron chi connectivity index (χ3n) is 4.78. The summed E-state index contributed by atoms with van der Waals surface area (Å²) in [4.78, 5) is 11.3. The SMILES string of the molecule is CCNc1nc(C)cc(N2CCN(S(=O)(=O)c3c(C)nn(C)c3C)CC2)n1. The molecule has 0 aromatic carbocycles. The van der Waals surface area contributed by atoms with E-state index < -0.39 is 10.0 Å². The Hall–Kier alpha value is -2.20. The maximum atomic E-state index is 13.1. The molecule has 0 spiro atoms. The summed E-state index contributed by atoms with van der Waals surface area (Å²) in [6.45, 7) is 10.2. The Morgan fingerprint density at radius 1 is 1.11 bits per heavy atom. The first-order valence-corrected chi connectivity index (χ1v) is 10.5. The zero-order valence-electron chi connectivity index (χ0n) is 16.5. The third kappa shape index (κ3) is 3.77. The van der Waals surface area contributed by atoms with E-state index in [9.17, 15) is 8.42 Å². The van der Waals surface area contributed by atoms with Crippen LogP contribution in [-0.4, -0.2) is 65.2 Å². The minimum Gasteiger partial charge on any atom is -0.354 e. The van der Waals surface area contributed by atoms with E-state index in [0.29, 0.717) is 48.4 Å². The van der Waals surface area contributed by atoms with Crippen molar-refractivity contribution in [2.75, 3.05) is 42.9 Å². The maximum Gasteiger partial charge on any atom is 0.246 e. The number of piperazine rings is 1. The molecule has 148 valence electrons. The maximum absolute atomic E-state index is 13.1. The van der Waals surface area contributed by atoms with Crippen molar-refractivity contribution >= 4 is 21.8 Å². The van der Waals surface area contributed by atoms with Gasteiger partial charge in [-0.3, -0.25) is 4.68 Å². The van der Waals surface area contributed by atoms with Gasteiger partial charge in [0.25, 0.3) is 0 Å². The molecule has 3 heterocycles. The van der Waals surface area contributed by atoms with Gasteiger partial charge in [0.15, 0.2) is 0 Å². The summed E-state index contributed by atoms with van der Waals surface area (Å²) in [5.41, 5.74) is 2.09. The molecular weight excluding hydrogens is 366 g/mol. The summed E-state index contributed by atoms with van der Waals surface area (Å²) in [7, 11) is -1.79. The van der Waals surface area contributed by atoms with Crippen molar-refractivity contribution in [3.63, 3.8) is 0 Å². The fraction of sp³-hybridized carbons (Fsp3) is 0.588. The number of sulfonamides is 1. The van der Waals surface area contributed by atoms with Crippen LogP contribution in [0.2, 0.25) is 0 Å². The van der Waals surface area contributed by atoms with Crippen molar-refractivity contribution in [2.45, 2.75) is 32.6 Å². The Morgan fingerprint density at radius 3 is 2.33 bits per heavy atom. The fourth-order valence-corrected chi connectivity index (χ4v) is 5.19. The van der Waals surface area contributed by atoms with Gasteiger partial charge >= 0.3 is 0 Å². The number of hydrogen-bond donors (Lipinski definition) is 1. The number of nitrogens with zero attached hydrogens (tertiary/aromatic N) is 6. The van der Waals surface area contributed by atoms with Gasteiger partial charge in [-0.15, -0.1) is 0 Å². The molecule has 1 aliphatic rings. The lowest BCUT2D eigenvalue weighted by Gasteiger charge is -2.34. The topological polar surface area (TPSA) is 96.3 Å². The predicted molar refractivity (Wildman–Crippen MR) is 105 cm³/mol. The Kier molecular flexibility index (Phi) is 5.38. The predicted octanol–water partition coefficient (Wildman–Crippen LogP) is 1.08. The molecule has 0 saturated carbocycles. The molecule has 27 heavy (non-hydrogen) atoms. The molecule has 2 aromatic rings. The van der Waals surface area contributed by atoms with Crippen molar-refractivity contribution < 1.29 is 8.42 Å². The highest BCUT2D eigenvalue weighted by Gasteiger charge is 2.33. The molecule has 2 aromatic heterocycles. The van der Waals surface area contributed by atoms with Crippen molar-refractivity contribution in [1.29, 1.82) is 0 Å². The first-order valence-electron chi connectivity index (χ1n) is 9.09. The van der Waals surface area contributed by atoms with Crippen LogP contribution >= 0.6 is 0 Å². The van der Waals surface area contributed by atoms with Gasteiger partial charge in [-0.1, -0.05) is 0 Å². The Bertz CT molecular complexity index is 931. The molecule has 10 heteroatoms. The first kappa shape index (κ1) is 19.6. The highest BCUT2D eigenvalue weighted by atomic mass is 32.2. The van der Waals surface area contributed by atoms with Crippen LogP contribution in [0.4, 0.5) is 11.8 Å². The van der Waals surface area contributed by atoms with Crippen molar-refractivity contribution in [2.24, 2.45) is 7.05 Å². The molecule has 0 radical (unpaired) electrons. The molecule has 0 atom stereocenters. The third-order valence-corrected chi connectivity index (χ3v) is 6.93. The number of hydrogen-bond acceptors (Lipinski definition) is 7. The van der Waals surface area contributed by atoms with E-state index in [1.807, 2.05) is 19.9 Å². The molecule has 3 rings (SSSR count). The van der Waals surface area contributed by atoms with Gasteiger partial charge in [-0.2, -0.15) is 14.4 Å². The van der Waals surface area contributed by atoms with Gasteiger partial charge in [-0.25, -0.2) is 13.4 Å². The standard InChI is InChI=1S/C17H27N7O2S/c1-6-18-17-19-12(2)11-15(20-17)23-7-9-24(10-8-23)27(25,26)16-13(3)21-22(5)14(16)4/h11H,6-10H2,1-5H3,(H,18,19,20). The highest BCUT2D eigenvalue weighted by molar-refractivity contribution is 7.89. The highest BCUT2D eigenvalue weighted by Crippen LogP contribution is 2.25. The Labute approximate surface area is 160 Å². The Balaban J connectivity index is 1.77. The molecular formula is C17H27N7O2S. The normalized spacial score (nSPS) is 16.0. The number of aryl methyl sites for hydroxylation is 3. The quantitative estimate of drug-likeness (QED) is 0.812. The van der Waals surface area contributed by atoms with E-state index in [0.717, 1.165) is 18.1 Å². The molecule has 1 aliphatic heterocycles. The molecule has 9 nitrogen and oxygen atoms in total. The summed E-state index contributed by atoms with van der Waals surface area (Å²) < 4.78 is 29.4. The fourth-order valence-electron chi connectivity index (χ4n) is 3.37. The largest absolute Gasteiger partial charge is 0.354 e. The van der Waals surface area contributed by atoms with Crippen molar-refractivity contribution in [3.8, 4) is 0 Å².